The van der Waals surface area contributed by atoms with Crippen LogP contribution in [-0.4, -0.2) is 17.4 Å². The van der Waals surface area contributed by atoms with E-state index in [1.54, 1.807) is 12.3 Å². The minimum atomic E-state index is -0.139. The summed E-state index contributed by atoms with van der Waals surface area (Å²) in [6, 6.07) is 1.68. The normalized spacial score (nSPS) is 19.8. The van der Waals surface area contributed by atoms with Gasteiger partial charge in [0.05, 0.1) is 11.3 Å². The van der Waals surface area contributed by atoms with E-state index in [0.29, 0.717) is 23.7 Å². The van der Waals surface area contributed by atoms with Crippen molar-refractivity contribution in [2.24, 2.45) is 22.6 Å². The number of aromatic nitrogens is 1. The summed E-state index contributed by atoms with van der Waals surface area (Å²) >= 11 is 0. The molecule has 0 unspecified atom stereocenters. The van der Waals surface area contributed by atoms with E-state index in [1.807, 2.05) is 0 Å². The zero-order valence-corrected chi connectivity index (χ0v) is 11.9. The average Bonchev–Trinajstić information content (AvgIpc) is 2.76. The number of nitrogens with one attached hydrogen (secondary N) is 2. The van der Waals surface area contributed by atoms with Crippen LogP contribution in [0.15, 0.2) is 18.5 Å². The van der Waals surface area contributed by atoms with Gasteiger partial charge in [-0.25, -0.2) is 0 Å². The number of nitrogen functional groups attached to an aromatic ring is 1. The Bertz CT molecular complexity index is 482. The van der Waals surface area contributed by atoms with Crippen LogP contribution < -0.4 is 16.6 Å². The largest absolute Gasteiger partial charge is 0.352 e. The Morgan fingerprint density at radius 2 is 2.00 bits per heavy atom. The molecule has 0 bridgehead atoms. The van der Waals surface area contributed by atoms with E-state index in [-0.39, 0.29) is 16.7 Å². The SMILES string of the molecule is CC1(C)C(CNC(=O)c2cnccc2NN)C1(C)C. The van der Waals surface area contributed by atoms with Crippen molar-refractivity contribution in [3.8, 4) is 0 Å². The molecule has 4 N–H and O–H groups in total. The van der Waals surface area contributed by atoms with Gasteiger partial charge in [0.15, 0.2) is 0 Å². The summed E-state index contributed by atoms with van der Waals surface area (Å²) in [7, 11) is 0. The van der Waals surface area contributed by atoms with Crippen LogP contribution in [0.25, 0.3) is 0 Å². The molecule has 1 fully saturated rings. The van der Waals surface area contributed by atoms with Crippen LogP contribution in [0.4, 0.5) is 5.69 Å². The molecule has 0 aliphatic heterocycles. The van der Waals surface area contributed by atoms with Crippen molar-refractivity contribution >= 4 is 11.6 Å². The standard InChI is InChI=1S/C14H22N4O/c1-13(2)11(14(13,3)4)8-17-12(19)9-7-16-6-5-10(9)18-15/h5-7,11H,8,15H2,1-4H3,(H,16,18)(H,17,19). The summed E-state index contributed by atoms with van der Waals surface area (Å²) in [5.41, 5.74) is 4.11. The second kappa shape index (κ2) is 4.49. The molecule has 0 saturated heterocycles. The van der Waals surface area contributed by atoms with Gasteiger partial charge in [-0.15, -0.1) is 0 Å². The van der Waals surface area contributed by atoms with Gasteiger partial charge in [-0.2, -0.15) is 0 Å². The highest BCUT2D eigenvalue weighted by molar-refractivity contribution is 5.99. The Morgan fingerprint density at radius 1 is 1.37 bits per heavy atom. The van der Waals surface area contributed by atoms with Crippen molar-refractivity contribution in [1.29, 1.82) is 0 Å². The number of carbonyl (C=O) groups is 1. The van der Waals surface area contributed by atoms with Gasteiger partial charge < -0.3 is 10.7 Å². The van der Waals surface area contributed by atoms with Crippen molar-refractivity contribution in [2.75, 3.05) is 12.0 Å². The molecule has 1 aromatic heterocycles. The number of hydrogen-bond acceptors (Lipinski definition) is 4. The van der Waals surface area contributed by atoms with Crippen molar-refractivity contribution in [2.45, 2.75) is 27.7 Å². The van der Waals surface area contributed by atoms with Gasteiger partial charge in [0, 0.05) is 18.9 Å². The molecule has 0 aromatic carbocycles. The lowest BCUT2D eigenvalue weighted by Crippen LogP contribution is -2.28. The first-order valence-corrected chi connectivity index (χ1v) is 6.51. The summed E-state index contributed by atoms with van der Waals surface area (Å²) in [5, 5.41) is 2.97. The second-order valence-corrected chi connectivity index (χ2v) is 6.27. The minimum absolute atomic E-state index is 0.139. The predicted molar refractivity (Wildman–Crippen MR) is 75.4 cm³/mol. The monoisotopic (exact) mass is 262 g/mol. The predicted octanol–water partition coefficient (Wildman–Crippen LogP) is 1.78. The molecule has 0 radical (unpaired) electrons. The number of carbonyl (C=O) groups excluding carboxylic acids is 1. The molecule has 1 saturated carbocycles. The van der Waals surface area contributed by atoms with E-state index >= 15 is 0 Å². The topological polar surface area (TPSA) is 80.0 Å². The van der Waals surface area contributed by atoms with Gasteiger partial charge >= 0.3 is 0 Å². The Hall–Kier alpha value is -1.62. The van der Waals surface area contributed by atoms with Gasteiger partial charge in [0.1, 0.15) is 0 Å². The summed E-state index contributed by atoms with van der Waals surface area (Å²) in [6.07, 6.45) is 3.12. The van der Waals surface area contributed by atoms with E-state index in [9.17, 15) is 4.79 Å². The van der Waals surface area contributed by atoms with E-state index < -0.39 is 0 Å². The van der Waals surface area contributed by atoms with Crippen molar-refractivity contribution in [3.05, 3.63) is 24.0 Å². The first kappa shape index (κ1) is 13.8. The fourth-order valence-corrected chi connectivity index (χ4v) is 2.83. The number of hydrogen-bond donors (Lipinski definition) is 3. The molecule has 0 spiro atoms. The molecule has 0 atom stereocenters. The molecule has 2 rings (SSSR count). The zero-order valence-electron chi connectivity index (χ0n) is 11.9. The maximum absolute atomic E-state index is 12.1. The van der Waals surface area contributed by atoms with Crippen LogP contribution in [0.1, 0.15) is 38.1 Å². The molecule has 1 aromatic rings. The van der Waals surface area contributed by atoms with Gasteiger partial charge in [-0.3, -0.25) is 15.6 Å². The van der Waals surface area contributed by atoms with Crippen LogP contribution in [-0.2, 0) is 0 Å². The summed E-state index contributed by atoms with van der Waals surface area (Å²) < 4.78 is 0. The Labute approximate surface area is 114 Å². The first-order valence-electron chi connectivity index (χ1n) is 6.51. The van der Waals surface area contributed by atoms with Crippen LogP contribution in [0.5, 0.6) is 0 Å². The van der Waals surface area contributed by atoms with Crippen molar-refractivity contribution < 1.29 is 4.79 Å². The molecule has 1 heterocycles. The van der Waals surface area contributed by atoms with Crippen LogP contribution >= 0.6 is 0 Å². The van der Waals surface area contributed by atoms with Gasteiger partial charge in [0.2, 0.25) is 0 Å². The lowest BCUT2D eigenvalue weighted by atomic mass is 10.0. The summed E-state index contributed by atoms with van der Waals surface area (Å²) in [5.74, 6) is 5.74. The highest BCUT2D eigenvalue weighted by Crippen LogP contribution is 2.67. The van der Waals surface area contributed by atoms with Crippen LogP contribution in [0.3, 0.4) is 0 Å². The Balaban J connectivity index is 2.00. The quantitative estimate of drug-likeness (QED) is 0.571. The fourth-order valence-electron chi connectivity index (χ4n) is 2.83. The lowest BCUT2D eigenvalue weighted by Gasteiger charge is -2.09. The number of nitrogens with two attached hydrogens (primary N) is 1. The van der Waals surface area contributed by atoms with Crippen LogP contribution in [0.2, 0.25) is 0 Å². The molecule has 5 heteroatoms. The molecule has 1 aliphatic rings. The molecule has 5 nitrogen and oxygen atoms in total. The maximum Gasteiger partial charge on any atom is 0.255 e. The highest BCUT2D eigenvalue weighted by atomic mass is 16.1. The van der Waals surface area contributed by atoms with Crippen molar-refractivity contribution in [1.82, 2.24) is 10.3 Å². The number of pyridine rings is 1. The summed E-state index contributed by atoms with van der Waals surface area (Å²) in [4.78, 5) is 16.1. The number of rotatable bonds is 4. The molecular weight excluding hydrogens is 240 g/mol. The molecular formula is C14H22N4O. The van der Waals surface area contributed by atoms with E-state index in [1.165, 1.54) is 6.20 Å². The number of hydrazine groups is 1. The van der Waals surface area contributed by atoms with E-state index in [0.717, 1.165) is 0 Å². The molecule has 19 heavy (non-hydrogen) atoms. The molecule has 1 aliphatic carbocycles. The number of anilines is 1. The number of nitrogens with zero attached hydrogens (tertiary/aromatic N) is 1. The van der Waals surface area contributed by atoms with Crippen molar-refractivity contribution in [3.63, 3.8) is 0 Å². The highest BCUT2D eigenvalue weighted by Gasteiger charge is 2.64. The molecule has 1 amide bonds. The third-order valence-corrected chi connectivity index (χ3v) is 5.01. The smallest absolute Gasteiger partial charge is 0.255 e. The maximum atomic E-state index is 12.1. The van der Waals surface area contributed by atoms with E-state index in [4.69, 9.17) is 5.84 Å². The third kappa shape index (κ3) is 2.18. The second-order valence-electron chi connectivity index (χ2n) is 6.27. The lowest BCUT2D eigenvalue weighted by molar-refractivity contribution is 0.0950. The Morgan fingerprint density at radius 3 is 2.53 bits per heavy atom. The van der Waals surface area contributed by atoms with Crippen LogP contribution in [0, 0.1) is 16.7 Å². The minimum Gasteiger partial charge on any atom is -0.352 e. The van der Waals surface area contributed by atoms with Gasteiger partial charge in [0.25, 0.3) is 5.91 Å². The van der Waals surface area contributed by atoms with Gasteiger partial charge in [-0.1, -0.05) is 27.7 Å². The summed E-state index contributed by atoms with van der Waals surface area (Å²) in [6.45, 7) is 9.63. The molecule has 104 valence electrons. The third-order valence-electron chi connectivity index (χ3n) is 5.01. The number of amides is 1. The average molecular weight is 262 g/mol. The fraction of sp³-hybridized carbons (Fsp3) is 0.571. The van der Waals surface area contributed by atoms with Gasteiger partial charge in [-0.05, 0) is 22.8 Å². The van der Waals surface area contributed by atoms with E-state index in [2.05, 4.69) is 43.4 Å². The Kier molecular flexibility index (Phi) is 3.26. The zero-order chi connectivity index (χ0) is 14.3. The first-order chi connectivity index (χ1) is 8.82.